The van der Waals surface area contributed by atoms with E-state index in [2.05, 4.69) is 42.8 Å². The lowest BCUT2D eigenvalue weighted by Gasteiger charge is -2.05. The van der Waals surface area contributed by atoms with Crippen LogP contribution in [0.25, 0.3) is 0 Å². The zero-order valence-electron chi connectivity index (χ0n) is 10.9. The lowest BCUT2D eigenvalue weighted by Crippen LogP contribution is -2.18. The molecule has 1 N–H and O–H groups in total. The van der Waals surface area contributed by atoms with Crippen LogP contribution in [0.1, 0.15) is 43.6 Å². The first-order valence-electron chi connectivity index (χ1n) is 6.39. The van der Waals surface area contributed by atoms with Gasteiger partial charge in [-0.05, 0) is 32.6 Å². The van der Waals surface area contributed by atoms with Gasteiger partial charge in [-0.25, -0.2) is 0 Å². The molecule has 16 heavy (non-hydrogen) atoms. The van der Waals surface area contributed by atoms with Crippen LogP contribution in [0.3, 0.4) is 0 Å². The minimum absolute atomic E-state index is 0.744. The quantitative estimate of drug-likeness (QED) is 0.827. The number of hydrogen-bond donors (Lipinski definition) is 1. The molecular weight excluding hydrogens is 198 g/mol. The van der Waals surface area contributed by atoms with Crippen molar-refractivity contribution >= 4 is 0 Å². The van der Waals surface area contributed by atoms with Gasteiger partial charge in [0.2, 0.25) is 0 Å². The van der Waals surface area contributed by atoms with E-state index in [1.807, 2.05) is 0 Å². The molecule has 0 radical (unpaired) electrons. The Bertz CT molecular complexity index is 367. The van der Waals surface area contributed by atoms with Gasteiger partial charge >= 0.3 is 0 Å². The summed E-state index contributed by atoms with van der Waals surface area (Å²) in [5.41, 5.74) is 3.92. The highest BCUT2D eigenvalue weighted by Gasteiger charge is 2.32. The molecule has 3 heteroatoms. The van der Waals surface area contributed by atoms with E-state index < -0.39 is 0 Å². The van der Waals surface area contributed by atoms with Crippen molar-refractivity contribution < 1.29 is 0 Å². The van der Waals surface area contributed by atoms with Crippen LogP contribution in [0.5, 0.6) is 0 Å². The average Bonchev–Trinajstić information content (AvgIpc) is 2.87. The predicted octanol–water partition coefficient (Wildman–Crippen LogP) is 2.41. The first-order chi connectivity index (χ1) is 7.63. The van der Waals surface area contributed by atoms with Crippen molar-refractivity contribution in [2.24, 2.45) is 5.92 Å². The molecular formula is C13H23N3. The summed E-state index contributed by atoms with van der Waals surface area (Å²) in [7, 11) is 0. The Morgan fingerprint density at radius 1 is 1.44 bits per heavy atom. The zero-order valence-corrected chi connectivity index (χ0v) is 10.9. The van der Waals surface area contributed by atoms with Crippen molar-refractivity contribution in [3.05, 3.63) is 17.0 Å². The summed E-state index contributed by atoms with van der Waals surface area (Å²) in [5.74, 6) is 0.867. The van der Waals surface area contributed by atoms with Crippen molar-refractivity contribution in [1.29, 1.82) is 0 Å². The Kier molecular flexibility index (Phi) is 3.33. The molecule has 0 bridgehead atoms. The predicted molar refractivity (Wildman–Crippen MR) is 66.4 cm³/mol. The summed E-state index contributed by atoms with van der Waals surface area (Å²) in [6, 6.07) is 0.744. The van der Waals surface area contributed by atoms with Crippen LogP contribution < -0.4 is 5.32 Å². The average molecular weight is 221 g/mol. The highest BCUT2D eigenvalue weighted by Crippen LogP contribution is 2.29. The fraction of sp³-hybridized carbons (Fsp3) is 0.769. The van der Waals surface area contributed by atoms with Gasteiger partial charge in [0.25, 0.3) is 0 Å². The van der Waals surface area contributed by atoms with Crippen LogP contribution in [0.2, 0.25) is 0 Å². The Hall–Kier alpha value is -0.830. The van der Waals surface area contributed by atoms with Crippen molar-refractivity contribution in [1.82, 2.24) is 15.1 Å². The van der Waals surface area contributed by atoms with Crippen LogP contribution in [0.15, 0.2) is 0 Å². The molecule has 0 spiro atoms. The van der Waals surface area contributed by atoms with Gasteiger partial charge in [0.15, 0.2) is 0 Å². The maximum absolute atomic E-state index is 4.59. The Balaban J connectivity index is 2.01. The third-order valence-corrected chi connectivity index (χ3v) is 3.62. The molecule has 0 saturated heterocycles. The van der Waals surface area contributed by atoms with E-state index in [0.717, 1.165) is 31.5 Å². The molecule has 1 aliphatic rings. The summed E-state index contributed by atoms with van der Waals surface area (Å²) < 4.78 is 2.14. The second-order valence-corrected chi connectivity index (χ2v) is 5.07. The molecule has 0 aromatic carbocycles. The Morgan fingerprint density at radius 3 is 2.69 bits per heavy atom. The van der Waals surface area contributed by atoms with E-state index >= 15 is 0 Å². The summed E-state index contributed by atoms with van der Waals surface area (Å²) in [6.07, 6.45) is 2.48. The lowest BCUT2D eigenvalue weighted by molar-refractivity contribution is 0.581. The molecule has 90 valence electrons. The van der Waals surface area contributed by atoms with Crippen molar-refractivity contribution in [3.63, 3.8) is 0 Å². The molecule has 1 aliphatic carbocycles. The second-order valence-electron chi connectivity index (χ2n) is 5.07. The minimum Gasteiger partial charge on any atom is -0.310 e. The van der Waals surface area contributed by atoms with Gasteiger partial charge in [-0.1, -0.05) is 13.8 Å². The molecule has 2 rings (SSSR count). The van der Waals surface area contributed by atoms with Crippen LogP contribution in [0, 0.1) is 19.8 Å². The van der Waals surface area contributed by atoms with Gasteiger partial charge in [-0.15, -0.1) is 0 Å². The van der Waals surface area contributed by atoms with E-state index in [9.17, 15) is 0 Å². The normalized spacial score (nSPS) is 23.8. The fourth-order valence-electron chi connectivity index (χ4n) is 2.26. The monoisotopic (exact) mass is 221 g/mol. The topological polar surface area (TPSA) is 29.9 Å². The Labute approximate surface area is 98.2 Å². The highest BCUT2D eigenvalue weighted by atomic mass is 15.3. The smallest absolute Gasteiger partial charge is 0.0641 e. The van der Waals surface area contributed by atoms with E-state index in [1.165, 1.54) is 23.4 Å². The summed E-state index contributed by atoms with van der Waals surface area (Å²) in [6.45, 7) is 10.8. The lowest BCUT2D eigenvalue weighted by atomic mass is 10.2. The standard InChI is InChI=1S/C13H23N3/c1-5-6-16-11(4)12(10(3)15-16)8-14-13-7-9(13)2/h9,13-14H,5-8H2,1-4H3. The molecule has 2 atom stereocenters. The third kappa shape index (κ3) is 2.29. The molecule has 1 aromatic heterocycles. The summed E-state index contributed by atoms with van der Waals surface area (Å²) in [5, 5.41) is 8.20. The van der Waals surface area contributed by atoms with Gasteiger partial charge in [0, 0.05) is 30.4 Å². The number of aromatic nitrogens is 2. The van der Waals surface area contributed by atoms with Crippen LogP contribution in [0.4, 0.5) is 0 Å². The van der Waals surface area contributed by atoms with Crippen LogP contribution >= 0.6 is 0 Å². The van der Waals surface area contributed by atoms with E-state index in [4.69, 9.17) is 0 Å². The number of nitrogens with zero attached hydrogens (tertiary/aromatic N) is 2. The van der Waals surface area contributed by atoms with Crippen LogP contribution in [-0.4, -0.2) is 15.8 Å². The largest absolute Gasteiger partial charge is 0.310 e. The van der Waals surface area contributed by atoms with Crippen LogP contribution in [-0.2, 0) is 13.1 Å². The SMILES string of the molecule is CCCn1nc(C)c(CNC2CC2C)c1C. The fourth-order valence-corrected chi connectivity index (χ4v) is 2.26. The van der Waals surface area contributed by atoms with Crippen molar-refractivity contribution in [3.8, 4) is 0 Å². The number of nitrogens with one attached hydrogen (secondary N) is 1. The van der Waals surface area contributed by atoms with Gasteiger partial charge in [0.1, 0.15) is 0 Å². The number of hydrogen-bond acceptors (Lipinski definition) is 2. The number of rotatable bonds is 5. The maximum Gasteiger partial charge on any atom is 0.0641 e. The van der Waals surface area contributed by atoms with Crippen molar-refractivity contribution in [2.75, 3.05) is 0 Å². The summed E-state index contributed by atoms with van der Waals surface area (Å²) >= 11 is 0. The molecule has 0 aliphatic heterocycles. The van der Waals surface area contributed by atoms with E-state index in [-0.39, 0.29) is 0 Å². The summed E-state index contributed by atoms with van der Waals surface area (Å²) in [4.78, 5) is 0. The van der Waals surface area contributed by atoms with Crippen molar-refractivity contribution in [2.45, 2.75) is 59.7 Å². The molecule has 1 fully saturated rings. The molecule has 3 nitrogen and oxygen atoms in total. The second kappa shape index (κ2) is 4.58. The van der Waals surface area contributed by atoms with E-state index in [0.29, 0.717) is 0 Å². The highest BCUT2D eigenvalue weighted by molar-refractivity contribution is 5.24. The maximum atomic E-state index is 4.59. The van der Waals surface area contributed by atoms with Gasteiger partial charge in [0.05, 0.1) is 5.69 Å². The molecule has 1 saturated carbocycles. The molecule has 1 aromatic rings. The first kappa shape index (κ1) is 11.6. The Morgan fingerprint density at radius 2 is 2.12 bits per heavy atom. The van der Waals surface area contributed by atoms with Gasteiger partial charge in [-0.2, -0.15) is 5.10 Å². The molecule has 1 heterocycles. The zero-order chi connectivity index (χ0) is 11.7. The molecule has 2 unspecified atom stereocenters. The third-order valence-electron chi connectivity index (χ3n) is 3.62. The minimum atomic E-state index is 0.744. The molecule has 0 amide bonds. The number of aryl methyl sites for hydroxylation is 2. The first-order valence-corrected chi connectivity index (χ1v) is 6.39. The van der Waals surface area contributed by atoms with Gasteiger partial charge < -0.3 is 5.32 Å². The van der Waals surface area contributed by atoms with Gasteiger partial charge in [-0.3, -0.25) is 4.68 Å². The van der Waals surface area contributed by atoms with E-state index in [1.54, 1.807) is 0 Å².